The summed E-state index contributed by atoms with van der Waals surface area (Å²) in [5.74, 6) is 2.18. The summed E-state index contributed by atoms with van der Waals surface area (Å²) in [7, 11) is 0. The summed E-state index contributed by atoms with van der Waals surface area (Å²) in [5, 5.41) is 7.36. The minimum absolute atomic E-state index is 0.131. The zero-order chi connectivity index (χ0) is 16.7. The number of hydrogen-bond donors (Lipinski definition) is 1. The molecule has 6 nitrogen and oxygen atoms in total. The van der Waals surface area contributed by atoms with Crippen molar-refractivity contribution < 1.29 is 9.18 Å². The van der Waals surface area contributed by atoms with Crippen molar-refractivity contribution in [2.45, 2.75) is 37.4 Å². The van der Waals surface area contributed by atoms with Gasteiger partial charge in [-0.05, 0) is 37.1 Å². The van der Waals surface area contributed by atoms with Crippen LogP contribution in [0, 0.1) is 12.7 Å². The summed E-state index contributed by atoms with van der Waals surface area (Å²) in [6.07, 6.45) is 0.802. The maximum atomic E-state index is 13.6. The largest absolute Gasteiger partial charge is 0.331 e. The number of halogens is 1. The summed E-state index contributed by atoms with van der Waals surface area (Å²) in [5.41, 5.74) is 0.871. The van der Waals surface area contributed by atoms with Crippen LogP contribution in [0.25, 0.3) is 0 Å². The third-order valence-corrected chi connectivity index (χ3v) is 5.49. The highest BCUT2D eigenvalue weighted by atomic mass is 32.2. The third-order valence-electron chi connectivity index (χ3n) is 4.36. The van der Waals surface area contributed by atoms with E-state index in [9.17, 15) is 9.18 Å². The molecule has 1 N–H and O–H groups in total. The first-order valence-corrected chi connectivity index (χ1v) is 8.97. The lowest BCUT2D eigenvalue weighted by Gasteiger charge is -2.31. The Bertz CT molecular complexity index is 793. The van der Waals surface area contributed by atoms with Gasteiger partial charge < -0.3 is 10.2 Å². The van der Waals surface area contributed by atoms with Crippen LogP contribution in [0.4, 0.5) is 9.18 Å². The number of nitrogens with one attached hydrogen (secondary N) is 1. The Kier molecular flexibility index (Phi) is 3.91. The second-order valence-corrected chi connectivity index (χ2v) is 7.18. The number of rotatable bonds is 1. The SMILES string of the molecule is Cc1nc2n(n1)CCN(C(=O)NC1CCSc3ccc(F)cc31)C2. The number of aryl methyl sites for hydroxylation is 1. The molecule has 4 rings (SSSR count). The van der Waals surface area contributed by atoms with Crippen molar-refractivity contribution in [3.05, 3.63) is 41.2 Å². The van der Waals surface area contributed by atoms with Crippen molar-refractivity contribution in [1.29, 1.82) is 0 Å². The fourth-order valence-corrected chi connectivity index (χ4v) is 4.29. The van der Waals surface area contributed by atoms with E-state index >= 15 is 0 Å². The molecule has 0 spiro atoms. The van der Waals surface area contributed by atoms with E-state index in [2.05, 4.69) is 15.4 Å². The lowest BCUT2D eigenvalue weighted by molar-refractivity contribution is 0.175. The van der Waals surface area contributed by atoms with Gasteiger partial charge in [-0.3, -0.25) is 0 Å². The monoisotopic (exact) mass is 347 g/mol. The number of amides is 2. The number of nitrogens with zero attached hydrogens (tertiary/aromatic N) is 4. The van der Waals surface area contributed by atoms with Crippen LogP contribution in [0.15, 0.2) is 23.1 Å². The molecule has 126 valence electrons. The molecule has 2 aromatic rings. The van der Waals surface area contributed by atoms with Gasteiger partial charge >= 0.3 is 6.03 Å². The van der Waals surface area contributed by atoms with Gasteiger partial charge in [0.2, 0.25) is 0 Å². The second kappa shape index (κ2) is 6.08. The van der Waals surface area contributed by atoms with Crippen LogP contribution in [-0.2, 0) is 13.1 Å². The van der Waals surface area contributed by atoms with Crippen molar-refractivity contribution in [3.63, 3.8) is 0 Å². The van der Waals surface area contributed by atoms with Crippen LogP contribution in [0.5, 0.6) is 0 Å². The quantitative estimate of drug-likeness (QED) is 0.861. The lowest BCUT2D eigenvalue weighted by Crippen LogP contribution is -2.46. The molecule has 3 heterocycles. The summed E-state index contributed by atoms with van der Waals surface area (Å²) < 4.78 is 15.4. The Morgan fingerprint density at radius 1 is 1.42 bits per heavy atom. The van der Waals surface area contributed by atoms with E-state index in [0.717, 1.165) is 34.3 Å². The number of aromatic nitrogens is 3. The first-order valence-electron chi connectivity index (χ1n) is 7.98. The van der Waals surface area contributed by atoms with Crippen molar-refractivity contribution >= 4 is 17.8 Å². The van der Waals surface area contributed by atoms with Crippen LogP contribution in [-0.4, -0.2) is 38.0 Å². The first kappa shape index (κ1) is 15.4. The molecule has 0 saturated carbocycles. The van der Waals surface area contributed by atoms with E-state index in [-0.39, 0.29) is 17.9 Å². The zero-order valence-electron chi connectivity index (χ0n) is 13.3. The van der Waals surface area contributed by atoms with E-state index in [1.54, 1.807) is 22.7 Å². The Morgan fingerprint density at radius 2 is 2.29 bits per heavy atom. The van der Waals surface area contributed by atoms with Gasteiger partial charge in [0, 0.05) is 17.2 Å². The standard InChI is InChI=1S/C16H18FN5OS/c1-10-18-15-9-21(5-6-22(15)20-10)16(23)19-13-4-7-24-14-3-2-11(17)8-12(13)14/h2-3,8,13H,4-7,9H2,1H3,(H,19,23). The number of hydrogen-bond acceptors (Lipinski definition) is 4. The van der Waals surface area contributed by atoms with Crippen LogP contribution in [0.2, 0.25) is 0 Å². The average Bonchev–Trinajstić information content (AvgIpc) is 2.94. The van der Waals surface area contributed by atoms with E-state index in [0.29, 0.717) is 19.6 Å². The first-order chi connectivity index (χ1) is 11.6. The van der Waals surface area contributed by atoms with E-state index < -0.39 is 0 Å². The van der Waals surface area contributed by atoms with Gasteiger partial charge in [0.05, 0.1) is 19.1 Å². The fourth-order valence-electron chi connectivity index (χ4n) is 3.19. The van der Waals surface area contributed by atoms with E-state index in [4.69, 9.17) is 0 Å². The Balaban J connectivity index is 1.49. The number of carbonyl (C=O) groups excluding carboxylic acids is 1. The van der Waals surface area contributed by atoms with Gasteiger partial charge in [0.1, 0.15) is 17.5 Å². The van der Waals surface area contributed by atoms with Crippen LogP contribution < -0.4 is 5.32 Å². The van der Waals surface area contributed by atoms with Crippen molar-refractivity contribution in [2.75, 3.05) is 12.3 Å². The van der Waals surface area contributed by atoms with Gasteiger partial charge in [0.15, 0.2) is 0 Å². The zero-order valence-corrected chi connectivity index (χ0v) is 14.1. The third kappa shape index (κ3) is 2.86. The average molecular weight is 347 g/mol. The molecule has 24 heavy (non-hydrogen) atoms. The summed E-state index contributed by atoms with van der Waals surface area (Å²) in [4.78, 5) is 19.8. The smallest absolute Gasteiger partial charge is 0.318 e. The molecule has 0 fully saturated rings. The topological polar surface area (TPSA) is 63.1 Å². The number of carbonyl (C=O) groups is 1. The van der Waals surface area contributed by atoms with Gasteiger partial charge in [-0.15, -0.1) is 11.8 Å². The Morgan fingerprint density at radius 3 is 3.17 bits per heavy atom. The van der Waals surface area contributed by atoms with Gasteiger partial charge in [-0.25, -0.2) is 18.9 Å². The van der Waals surface area contributed by atoms with E-state index in [1.807, 2.05) is 11.6 Å². The molecule has 0 radical (unpaired) electrons. The predicted molar refractivity (Wildman–Crippen MR) is 88.2 cm³/mol. The Hall–Kier alpha value is -2.09. The van der Waals surface area contributed by atoms with Crippen LogP contribution in [0.3, 0.4) is 0 Å². The number of thioether (sulfide) groups is 1. The minimum atomic E-state index is -0.267. The maximum Gasteiger partial charge on any atom is 0.318 e. The highest BCUT2D eigenvalue weighted by molar-refractivity contribution is 7.99. The molecular formula is C16H18FN5OS. The molecule has 2 amide bonds. The predicted octanol–water partition coefficient (Wildman–Crippen LogP) is 2.49. The normalized spacial score (nSPS) is 19.6. The summed E-state index contributed by atoms with van der Waals surface area (Å²) in [6.45, 7) is 3.54. The molecule has 2 aliphatic rings. The maximum absolute atomic E-state index is 13.6. The fraction of sp³-hybridized carbons (Fsp3) is 0.438. The van der Waals surface area contributed by atoms with Crippen molar-refractivity contribution in [1.82, 2.24) is 25.0 Å². The van der Waals surface area contributed by atoms with E-state index in [1.165, 1.54) is 12.1 Å². The molecule has 8 heteroatoms. The van der Waals surface area contributed by atoms with Crippen LogP contribution >= 0.6 is 11.8 Å². The molecule has 1 unspecified atom stereocenters. The van der Waals surface area contributed by atoms with Gasteiger partial charge in [-0.1, -0.05) is 0 Å². The molecule has 0 bridgehead atoms. The van der Waals surface area contributed by atoms with Gasteiger partial charge in [-0.2, -0.15) is 5.10 Å². The molecular weight excluding hydrogens is 329 g/mol. The molecule has 1 aromatic carbocycles. The second-order valence-electron chi connectivity index (χ2n) is 6.04. The number of urea groups is 1. The van der Waals surface area contributed by atoms with Crippen molar-refractivity contribution in [2.24, 2.45) is 0 Å². The minimum Gasteiger partial charge on any atom is -0.331 e. The van der Waals surface area contributed by atoms with Crippen LogP contribution in [0.1, 0.15) is 29.7 Å². The molecule has 0 saturated heterocycles. The molecule has 1 atom stereocenters. The highest BCUT2D eigenvalue weighted by Crippen LogP contribution is 2.36. The number of fused-ring (bicyclic) bond motifs is 2. The molecule has 2 aliphatic heterocycles. The molecule has 0 aliphatic carbocycles. The molecule has 1 aromatic heterocycles. The summed E-state index contributed by atoms with van der Waals surface area (Å²) in [6, 6.07) is 4.51. The van der Waals surface area contributed by atoms with Gasteiger partial charge in [0.25, 0.3) is 0 Å². The number of benzene rings is 1. The Labute approximate surface area is 143 Å². The van der Waals surface area contributed by atoms with Crippen molar-refractivity contribution in [3.8, 4) is 0 Å². The summed E-state index contributed by atoms with van der Waals surface area (Å²) >= 11 is 1.70. The highest BCUT2D eigenvalue weighted by Gasteiger charge is 2.27. The lowest BCUT2D eigenvalue weighted by atomic mass is 10.0.